The number of amides is 2. The zero-order chi connectivity index (χ0) is 12.2. The van der Waals surface area contributed by atoms with E-state index in [1.807, 2.05) is 13.8 Å². The van der Waals surface area contributed by atoms with Gasteiger partial charge in [0.25, 0.3) is 0 Å². The Balaban J connectivity index is 2.73. The van der Waals surface area contributed by atoms with Crippen LogP contribution in [-0.4, -0.2) is 48.6 Å². The van der Waals surface area contributed by atoms with Crippen molar-refractivity contribution >= 4 is 11.8 Å². The maximum absolute atomic E-state index is 11.8. The van der Waals surface area contributed by atoms with E-state index in [1.54, 1.807) is 11.8 Å². The molecule has 0 spiro atoms. The van der Waals surface area contributed by atoms with Crippen LogP contribution in [0, 0.1) is 0 Å². The molecule has 16 heavy (non-hydrogen) atoms. The van der Waals surface area contributed by atoms with Gasteiger partial charge in [-0.25, -0.2) is 0 Å². The number of carbonyl (C=O) groups excluding carboxylic acids is 2. The standard InChI is InChI=1S/C11H20N2O3/c1-4-11(3)10(15)12-8-9(14)13(11)6-7-16-5-2/h4-8H2,1-3H3,(H,12,15). The van der Waals surface area contributed by atoms with Crippen LogP contribution in [-0.2, 0) is 14.3 Å². The molecular weight excluding hydrogens is 208 g/mol. The number of nitrogens with zero attached hydrogens (tertiary/aromatic N) is 1. The molecule has 0 aromatic rings. The second kappa shape index (κ2) is 5.30. The van der Waals surface area contributed by atoms with E-state index in [2.05, 4.69) is 5.32 Å². The first-order chi connectivity index (χ1) is 7.56. The van der Waals surface area contributed by atoms with E-state index in [-0.39, 0.29) is 18.4 Å². The van der Waals surface area contributed by atoms with Crippen LogP contribution in [0.15, 0.2) is 0 Å². The van der Waals surface area contributed by atoms with Crippen molar-refractivity contribution in [1.29, 1.82) is 0 Å². The summed E-state index contributed by atoms with van der Waals surface area (Å²) in [6.45, 7) is 7.29. The van der Waals surface area contributed by atoms with Gasteiger partial charge >= 0.3 is 0 Å². The first kappa shape index (κ1) is 13.0. The van der Waals surface area contributed by atoms with Gasteiger partial charge in [-0.3, -0.25) is 9.59 Å². The number of rotatable bonds is 5. The third-order valence-corrected chi connectivity index (χ3v) is 3.14. The van der Waals surface area contributed by atoms with Crippen LogP contribution in [0.2, 0.25) is 0 Å². The zero-order valence-corrected chi connectivity index (χ0v) is 10.2. The van der Waals surface area contributed by atoms with E-state index < -0.39 is 5.54 Å². The summed E-state index contributed by atoms with van der Waals surface area (Å²) in [6.07, 6.45) is 0.608. The number of ether oxygens (including phenoxy) is 1. The van der Waals surface area contributed by atoms with Crippen molar-refractivity contribution in [3.63, 3.8) is 0 Å². The van der Waals surface area contributed by atoms with Crippen molar-refractivity contribution in [3.05, 3.63) is 0 Å². The van der Waals surface area contributed by atoms with Crippen LogP contribution in [0.3, 0.4) is 0 Å². The normalized spacial score (nSPS) is 25.8. The molecule has 1 atom stereocenters. The highest BCUT2D eigenvalue weighted by Crippen LogP contribution is 2.22. The molecule has 5 heteroatoms. The quantitative estimate of drug-likeness (QED) is 0.681. The van der Waals surface area contributed by atoms with Crippen LogP contribution >= 0.6 is 0 Å². The summed E-state index contributed by atoms with van der Waals surface area (Å²) in [5.41, 5.74) is -0.730. The monoisotopic (exact) mass is 228 g/mol. The van der Waals surface area contributed by atoms with E-state index >= 15 is 0 Å². The molecular formula is C11H20N2O3. The Hall–Kier alpha value is -1.10. The Morgan fingerprint density at radius 1 is 1.44 bits per heavy atom. The van der Waals surface area contributed by atoms with Crippen LogP contribution in [0.25, 0.3) is 0 Å². The van der Waals surface area contributed by atoms with Gasteiger partial charge in [-0.15, -0.1) is 0 Å². The van der Waals surface area contributed by atoms with E-state index in [0.29, 0.717) is 26.2 Å². The Kier molecular flexibility index (Phi) is 4.29. The Bertz CT molecular complexity index is 280. The molecule has 1 unspecified atom stereocenters. The molecule has 2 amide bonds. The minimum absolute atomic E-state index is 0.0383. The van der Waals surface area contributed by atoms with Crippen molar-refractivity contribution in [1.82, 2.24) is 10.2 Å². The Labute approximate surface area is 96.1 Å². The molecule has 0 aromatic carbocycles. The molecule has 0 radical (unpaired) electrons. The first-order valence-electron chi connectivity index (χ1n) is 5.72. The molecule has 0 aliphatic carbocycles. The SMILES string of the molecule is CCOCCN1C(=O)CNC(=O)C1(C)CC. The lowest BCUT2D eigenvalue weighted by Crippen LogP contribution is -2.66. The third kappa shape index (κ3) is 2.35. The van der Waals surface area contributed by atoms with Gasteiger partial charge in [0.05, 0.1) is 13.2 Å². The number of piperazine rings is 1. The minimum Gasteiger partial charge on any atom is -0.380 e. The Morgan fingerprint density at radius 2 is 2.12 bits per heavy atom. The molecule has 1 N–H and O–H groups in total. The van der Waals surface area contributed by atoms with Crippen molar-refractivity contribution in [2.45, 2.75) is 32.7 Å². The van der Waals surface area contributed by atoms with Gasteiger partial charge in [0.1, 0.15) is 5.54 Å². The van der Waals surface area contributed by atoms with Crippen molar-refractivity contribution in [2.75, 3.05) is 26.3 Å². The van der Waals surface area contributed by atoms with Crippen molar-refractivity contribution in [2.24, 2.45) is 0 Å². The second-order valence-electron chi connectivity index (χ2n) is 4.05. The maximum Gasteiger partial charge on any atom is 0.246 e. The molecule has 1 rings (SSSR count). The molecule has 92 valence electrons. The van der Waals surface area contributed by atoms with Crippen LogP contribution < -0.4 is 5.32 Å². The van der Waals surface area contributed by atoms with Crippen molar-refractivity contribution < 1.29 is 14.3 Å². The van der Waals surface area contributed by atoms with Gasteiger partial charge in [-0.05, 0) is 20.3 Å². The van der Waals surface area contributed by atoms with E-state index in [1.165, 1.54) is 0 Å². The van der Waals surface area contributed by atoms with Crippen LogP contribution in [0.5, 0.6) is 0 Å². The summed E-state index contributed by atoms with van der Waals surface area (Å²) in [5, 5.41) is 2.62. The van der Waals surface area contributed by atoms with Gasteiger partial charge in [-0.2, -0.15) is 0 Å². The molecule has 0 aromatic heterocycles. The molecule has 1 fully saturated rings. The fourth-order valence-corrected chi connectivity index (χ4v) is 1.86. The molecule has 1 aliphatic rings. The van der Waals surface area contributed by atoms with Crippen molar-refractivity contribution in [3.8, 4) is 0 Å². The zero-order valence-electron chi connectivity index (χ0n) is 10.2. The minimum atomic E-state index is -0.730. The predicted molar refractivity (Wildman–Crippen MR) is 59.9 cm³/mol. The topological polar surface area (TPSA) is 58.6 Å². The molecule has 1 aliphatic heterocycles. The molecule has 1 saturated heterocycles. The van der Waals surface area contributed by atoms with Gasteiger partial charge in [0.15, 0.2) is 0 Å². The highest BCUT2D eigenvalue weighted by atomic mass is 16.5. The highest BCUT2D eigenvalue weighted by Gasteiger charge is 2.43. The van der Waals surface area contributed by atoms with E-state index in [0.717, 1.165) is 0 Å². The van der Waals surface area contributed by atoms with Gasteiger partial charge in [0, 0.05) is 13.2 Å². The third-order valence-electron chi connectivity index (χ3n) is 3.14. The number of carbonyl (C=O) groups is 2. The van der Waals surface area contributed by atoms with Gasteiger partial charge < -0.3 is 15.0 Å². The van der Waals surface area contributed by atoms with Gasteiger partial charge in [-0.1, -0.05) is 6.92 Å². The largest absolute Gasteiger partial charge is 0.380 e. The highest BCUT2D eigenvalue weighted by molar-refractivity contribution is 5.97. The fourth-order valence-electron chi connectivity index (χ4n) is 1.86. The fraction of sp³-hybridized carbons (Fsp3) is 0.818. The number of hydrogen-bond donors (Lipinski definition) is 1. The summed E-state index contributed by atoms with van der Waals surface area (Å²) < 4.78 is 5.23. The average Bonchev–Trinajstić information content (AvgIpc) is 2.28. The van der Waals surface area contributed by atoms with Crippen LogP contribution in [0.4, 0.5) is 0 Å². The Morgan fingerprint density at radius 3 is 2.69 bits per heavy atom. The van der Waals surface area contributed by atoms with Crippen LogP contribution in [0.1, 0.15) is 27.2 Å². The number of nitrogens with one attached hydrogen (secondary N) is 1. The molecule has 0 bridgehead atoms. The molecule has 5 nitrogen and oxygen atoms in total. The lowest BCUT2D eigenvalue weighted by atomic mass is 9.93. The average molecular weight is 228 g/mol. The lowest BCUT2D eigenvalue weighted by Gasteiger charge is -2.42. The predicted octanol–water partition coefficient (Wildman–Crippen LogP) is 0.150. The molecule has 1 heterocycles. The second-order valence-corrected chi connectivity index (χ2v) is 4.05. The summed E-state index contributed by atoms with van der Waals surface area (Å²) in [5.74, 6) is -0.116. The molecule has 0 saturated carbocycles. The maximum atomic E-state index is 11.8. The van der Waals surface area contributed by atoms with Gasteiger partial charge in [0.2, 0.25) is 11.8 Å². The smallest absolute Gasteiger partial charge is 0.246 e. The summed E-state index contributed by atoms with van der Waals surface area (Å²) in [4.78, 5) is 25.2. The first-order valence-corrected chi connectivity index (χ1v) is 5.72. The number of hydrogen-bond acceptors (Lipinski definition) is 3. The van der Waals surface area contributed by atoms with E-state index in [4.69, 9.17) is 4.74 Å². The summed E-state index contributed by atoms with van der Waals surface area (Å²) in [7, 11) is 0. The summed E-state index contributed by atoms with van der Waals surface area (Å²) in [6, 6.07) is 0. The lowest BCUT2D eigenvalue weighted by molar-refractivity contribution is -0.153. The summed E-state index contributed by atoms with van der Waals surface area (Å²) >= 11 is 0. The van der Waals surface area contributed by atoms with E-state index in [9.17, 15) is 9.59 Å².